The van der Waals surface area contributed by atoms with Gasteiger partial charge in [0.05, 0.1) is 13.1 Å². The van der Waals surface area contributed by atoms with E-state index in [4.69, 9.17) is 10.5 Å². The van der Waals surface area contributed by atoms with Gasteiger partial charge in [0.1, 0.15) is 18.2 Å². The van der Waals surface area contributed by atoms with Crippen molar-refractivity contribution in [2.75, 3.05) is 36.9 Å². The summed E-state index contributed by atoms with van der Waals surface area (Å²) in [4.78, 5) is 14.2. The van der Waals surface area contributed by atoms with Crippen molar-refractivity contribution in [2.45, 2.75) is 12.8 Å². The predicted molar refractivity (Wildman–Crippen MR) is 96.3 cm³/mol. The molecule has 0 spiro atoms. The summed E-state index contributed by atoms with van der Waals surface area (Å²) in [6.45, 7) is 1.87. The van der Waals surface area contributed by atoms with Crippen molar-refractivity contribution in [3.05, 3.63) is 53.8 Å². The summed E-state index contributed by atoms with van der Waals surface area (Å²) in [5.74, 6) is 0.220. The van der Waals surface area contributed by atoms with Crippen LogP contribution in [0.4, 0.5) is 15.8 Å². The highest BCUT2D eigenvalue weighted by molar-refractivity contribution is 5.82. The molecular formula is C19H22FN3O2. The Morgan fingerprint density at radius 2 is 2.04 bits per heavy atom. The Morgan fingerprint density at radius 1 is 1.24 bits per heavy atom. The molecule has 0 saturated carbocycles. The second kappa shape index (κ2) is 7.88. The Morgan fingerprint density at radius 3 is 2.84 bits per heavy atom. The lowest BCUT2D eigenvalue weighted by atomic mass is 10.00. The number of halogens is 1. The molecule has 0 radical (unpaired) electrons. The van der Waals surface area contributed by atoms with Crippen molar-refractivity contribution < 1.29 is 13.9 Å². The molecule has 3 N–H and O–H groups in total. The quantitative estimate of drug-likeness (QED) is 0.624. The van der Waals surface area contributed by atoms with Crippen LogP contribution in [-0.2, 0) is 11.2 Å². The standard InChI is InChI=1S/C19H22FN3O2/c20-14-6-8-15(9-7-14)25-12-10-22-19(24)13-23-11-2-3-16-17(21)4-1-5-18(16)23/h1,4-9H,2-3,10-13,21H2,(H,22,24). The van der Waals surface area contributed by atoms with Crippen molar-refractivity contribution in [1.29, 1.82) is 0 Å². The number of nitrogens with one attached hydrogen (secondary N) is 1. The van der Waals surface area contributed by atoms with E-state index < -0.39 is 0 Å². The van der Waals surface area contributed by atoms with Crippen LogP contribution in [0.15, 0.2) is 42.5 Å². The van der Waals surface area contributed by atoms with Crippen LogP contribution in [0.2, 0.25) is 0 Å². The van der Waals surface area contributed by atoms with Gasteiger partial charge >= 0.3 is 0 Å². The van der Waals surface area contributed by atoms with Crippen LogP contribution in [0.25, 0.3) is 0 Å². The number of nitrogens with zero attached hydrogens (tertiary/aromatic N) is 1. The van der Waals surface area contributed by atoms with Gasteiger partial charge in [-0.25, -0.2) is 4.39 Å². The van der Waals surface area contributed by atoms with Crippen LogP contribution in [0.5, 0.6) is 5.75 Å². The van der Waals surface area contributed by atoms with Crippen LogP contribution < -0.4 is 20.7 Å². The first-order chi connectivity index (χ1) is 12.1. The van der Waals surface area contributed by atoms with Crippen molar-refractivity contribution >= 4 is 17.3 Å². The van der Waals surface area contributed by atoms with Gasteiger partial charge in [-0.2, -0.15) is 0 Å². The zero-order valence-corrected chi connectivity index (χ0v) is 14.0. The molecule has 0 fully saturated rings. The van der Waals surface area contributed by atoms with Gasteiger partial charge < -0.3 is 20.7 Å². The first kappa shape index (κ1) is 17.1. The predicted octanol–water partition coefficient (Wildman–Crippen LogP) is 2.36. The fraction of sp³-hybridized carbons (Fsp3) is 0.316. The number of hydrogen-bond donors (Lipinski definition) is 2. The van der Waals surface area contributed by atoms with E-state index >= 15 is 0 Å². The molecule has 0 unspecified atom stereocenters. The first-order valence-electron chi connectivity index (χ1n) is 8.41. The second-order valence-corrected chi connectivity index (χ2v) is 6.02. The smallest absolute Gasteiger partial charge is 0.239 e. The van der Waals surface area contributed by atoms with Crippen LogP contribution >= 0.6 is 0 Å². The number of benzene rings is 2. The average Bonchev–Trinajstić information content (AvgIpc) is 2.61. The lowest BCUT2D eigenvalue weighted by Gasteiger charge is -2.31. The summed E-state index contributed by atoms with van der Waals surface area (Å²) >= 11 is 0. The number of ether oxygens (including phenoxy) is 1. The molecule has 25 heavy (non-hydrogen) atoms. The monoisotopic (exact) mass is 343 g/mol. The van der Waals surface area contributed by atoms with Gasteiger partial charge in [0.2, 0.25) is 5.91 Å². The number of carbonyl (C=O) groups is 1. The van der Waals surface area contributed by atoms with Crippen LogP contribution in [0.3, 0.4) is 0 Å². The lowest BCUT2D eigenvalue weighted by Crippen LogP contribution is -2.41. The highest BCUT2D eigenvalue weighted by Crippen LogP contribution is 2.30. The van der Waals surface area contributed by atoms with Crippen molar-refractivity contribution in [2.24, 2.45) is 0 Å². The minimum absolute atomic E-state index is 0.0574. The van der Waals surface area contributed by atoms with Crippen molar-refractivity contribution in [3.8, 4) is 5.75 Å². The lowest BCUT2D eigenvalue weighted by molar-refractivity contribution is -0.119. The van der Waals surface area contributed by atoms with Gasteiger partial charge in [0.15, 0.2) is 0 Å². The summed E-state index contributed by atoms with van der Waals surface area (Å²) in [6, 6.07) is 11.6. The third kappa shape index (κ3) is 4.41. The van der Waals surface area contributed by atoms with Gasteiger partial charge in [0.25, 0.3) is 0 Å². The van der Waals surface area contributed by atoms with Gasteiger partial charge in [-0.15, -0.1) is 0 Å². The first-order valence-corrected chi connectivity index (χ1v) is 8.41. The molecular weight excluding hydrogens is 321 g/mol. The minimum Gasteiger partial charge on any atom is -0.492 e. The molecule has 0 aromatic heterocycles. The number of nitrogen functional groups attached to an aromatic ring is 1. The number of carbonyl (C=O) groups excluding carboxylic acids is 1. The SMILES string of the molecule is Nc1cccc2c1CCCN2CC(=O)NCCOc1ccc(F)cc1. The number of fused-ring (bicyclic) bond motifs is 1. The molecule has 1 amide bonds. The summed E-state index contributed by atoms with van der Waals surface area (Å²) in [6.07, 6.45) is 1.94. The highest BCUT2D eigenvalue weighted by Gasteiger charge is 2.20. The van der Waals surface area contributed by atoms with E-state index in [2.05, 4.69) is 10.2 Å². The summed E-state index contributed by atoms with van der Waals surface area (Å²) in [7, 11) is 0. The molecule has 0 bridgehead atoms. The van der Waals surface area contributed by atoms with E-state index in [-0.39, 0.29) is 11.7 Å². The van der Waals surface area contributed by atoms with Crippen molar-refractivity contribution in [3.63, 3.8) is 0 Å². The van der Waals surface area contributed by atoms with E-state index in [1.807, 2.05) is 18.2 Å². The highest BCUT2D eigenvalue weighted by atomic mass is 19.1. The van der Waals surface area contributed by atoms with Crippen molar-refractivity contribution in [1.82, 2.24) is 5.32 Å². The van der Waals surface area contributed by atoms with E-state index in [1.54, 1.807) is 12.1 Å². The average molecular weight is 343 g/mol. The largest absolute Gasteiger partial charge is 0.492 e. The zero-order valence-electron chi connectivity index (χ0n) is 14.0. The van der Waals surface area contributed by atoms with Crippen LogP contribution in [-0.4, -0.2) is 32.1 Å². The normalized spacial score (nSPS) is 13.2. The van der Waals surface area contributed by atoms with E-state index in [1.165, 1.54) is 12.1 Å². The maximum atomic E-state index is 12.8. The molecule has 1 aliphatic heterocycles. The van der Waals surface area contributed by atoms with Gasteiger partial charge in [-0.1, -0.05) is 6.07 Å². The van der Waals surface area contributed by atoms with Gasteiger partial charge in [-0.3, -0.25) is 4.79 Å². The number of rotatable bonds is 6. The van der Waals surface area contributed by atoms with E-state index in [9.17, 15) is 9.18 Å². The van der Waals surface area contributed by atoms with Crippen LogP contribution in [0.1, 0.15) is 12.0 Å². The molecule has 2 aromatic rings. The van der Waals surface area contributed by atoms with Gasteiger partial charge in [-0.05, 0) is 54.8 Å². The molecule has 3 rings (SSSR count). The fourth-order valence-electron chi connectivity index (χ4n) is 3.01. The molecule has 1 heterocycles. The number of amides is 1. The molecule has 5 nitrogen and oxygen atoms in total. The minimum atomic E-state index is -0.303. The Balaban J connectivity index is 1.46. The topological polar surface area (TPSA) is 67.6 Å². The number of anilines is 2. The Labute approximate surface area is 146 Å². The molecule has 2 aromatic carbocycles. The number of nitrogens with two attached hydrogens (primary N) is 1. The molecule has 0 aliphatic carbocycles. The Bertz CT molecular complexity index is 734. The molecule has 6 heteroatoms. The summed E-state index contributed by atoms with van der Waals surface area (Å²) < 4.78 is 18.3. The van der Waals surface area contributed by atoms with Crippen LogP contribution in [0, 0.1) is 5.82 Å². The maximum Gasteiger partial charge on any atom is 0.239 e. The summed E-state index contributed by atoms with van der Waals surface area (Å²) in [5, 5.41) is 2.85. The number of hydrogen-bond acceptors (Lipinski definition) is 4. The maximum absolute atomic E-state index is 12.8. The second-order valence-electron chi connectivity index (χ2n) is 6.02. The summed E-state index contributed by atoms with van der Waals surface area (Å²) in [5.41, 5.74) is 8.99. The van der Waals surface area contributed by atoms with Gasteiger partial charge in [0, 0.05) is 17.9 Å². The molecule has 0 saturated heterocycles. The zero-order chi connectivity index (χ0) is 17.6. The molecule has 0 atom stereocenters. The Kier molecular flexibility index (Phi) is 5.38. The van der Waals surface area contributed by atoms with E-state index in [0.29, 0.717) is 25.4 Å². The molecule has 132 valence electrons. The third-order valence-corrected chi connectivity index (χ3v) is 4.22. The third-order valence-electron chi connectivity index (χ3n) is 4.22. The fourth-order valence-corrected chi connectivity index (χ4v) is 3.01. The Hall–Kier alpha value is -2.76. The molecule has 1 aliphatic rings. The van der Waals surface area contributed by atoms with E-state index in [0.717, 1.165) is 36.3 Å².